The normalized spacial score (nSPS) is 25.4. The molecule has 0 bridgehead atoms. The average Bonchev–Trinajstić information content (AvgIpc) is 3.35. The molecule has 1 aliphatic heterocycles. The molecule has 4 rings (SSSR count). The molecule has 1 saturated heterocycles. The minimum Gasteiger partial charge on any atom is -0.484 e. The molecule has 0 amide bonds. The lowest BCUT2D eigenvalue weighted by molar-refractivity contribution is 0.0702. The molecule has 2 aliphatic rings. The van der Waals surface area contributed by atoms with E-state index in [1.807, 2.05) is 49.4 Å². The van der Waals surface area contributed by atoms with Crippen molar-refractivity contribution in [3.63, 3.8) is 0 Å². The third-order valence-electron chi connectivity index (χ3n) is 4.49. The Morgan fingerprint density at radius 1 is 1.10 bits per heavy atom. The molecule has 1 unspecified atom stereocenters. The fourth-order valence-corrected chi connectivity index (χ4v) is 3.10. The molecule has 0 spiro atoms. The molecule has 21 heavy (non-hydrogen) atoms. The van der Waals surface area contributed by atoms with Crippen molar-refractivity contribution < 1.29 is 13.9 Å². The van der Waals surface area contributed by atoms with Crippen LogP contribution in [0, 0.1) is 12.7 Å². The summed E-state index contributed by atoms with van der Waals surface area (Å²) in [7, 11) is 0. The maximum atomic E-state index is 14.3. The number of ether oxygens (including phenoxy) is 2. The van der Waals surface area contributed by atoms with Gasteiger partial charge in [-0.3, -0.25) is 0 Å². The SMILES string of the molecule is Cc1ccc(C2(C3(Oc4ccccc4)CC3)CO2)c(F)c1. The van der Waals surface area contributed by atoms with E-state index < -0.39 is 11.2 Å². The Kier molecular flexibility index (Phi) is 2.64. The smallest absolute Gasteiger partial charge is 0.159 e. The molecule has 2 aromatic rings. The topological polar surface area (TPSA) is 21.8 Å². The number of epoxide rings is 1. The Labute approximate surface area is 123 Å². The van der Waals surface area contributed by atoms with E-state index in [9.17, 15) is 4.39 Å². The van der Waals surface area contributed by atoms with Crippen LogP contribution < -0.4 is 4.74 Å². The molecular formula is C18H17FO2. The van der Waals surface area contributed by atoms with Gasteiger partial charge >= 0.3 is 0 Å². The molecule has 2 fully saturated rings. The van der Waals surface area contributed by atoms with Crippen molar-refractivity contribution >= 4 is 0 Å². The zero-order valence-corrected chi connectivity index (χ0v) is 11.9. The van der Waals surface area contributed by atoms with Crippen molar-refractivity contribution in [1.29, 1.82) is 0 Å². The predicted octanol–water partition coefficient (Wildman–Crippen LogP) is 3.97. The number of aryl methyl sites for hydroxylation is 1. The monoisotopic (exact) mass is 284 g/mol. The van der Waals surface area contributed by atoms with Crippen LogP contribution >= 0.6 is 0 Å². The van der Waals surface area contributed by atoms with Gasteiger partial charge in [-0.15, -0.1) is 0 Å². The van der Waals surface area contributed by atoms with Crippen molar-refractivity contribution in [1.82, 2.24) is 0 Å². The zero-order valence-electron chi connectivity index (χ0n) is 11.9. The van der Waals surface area contributed by atoms with E-state index >= 15 is 0 Å². The Hall–Kier alpha value is -1.87. The van der Waals surface area contributed by atoms with Crippen LogP contribution in [0.4, 0.5) is 4.39 Å². The minimum absolute atomic E-state index is 0.199. The Balaban J connectivity index is 1.69. The lowest BCUT2D eigenvalue weighted by Crippen LogP contribution is -2.36. The van der Waals surface area contributed by atoms with Crippen LogP contribution in [0.3, 0.4) is 0 Å². The summed E-state index contributed by atoms with van der Waals surface area (Å²) in [6.07, 6.45) is 1.80. The van der Waals surface area contributed by atoms with Crippen molar-refractivity contribution in [3.05, 3.63) is 65.5 Å². The summed E-state index contributed by atoms with van der Waals surface area (Å²) in [5.41, 5.74) is 0.521. The van der Waals surface area contributed by atoms with Crippen LogP contribution in [0.1, 0.15) is 24.0 Å². The molecule has 1 atom stereocenters. The highest BCUT2D eigenvalue weighted by Gasteiger charge is 2.71. The van der Waals surface area contributed by atoms with Crippen LogP contribution in [-0.2, 0) is 10.3 Å². The molecule has 0 aromatic heterocycles. The largest absolute Gasteiger partial charge is 0.484 e. The standard InChI is InChI=1S/C18H17FO2/c1-13-7-8-15(16(19)11-13)18(12-20-18)17(9-10-17)21-14-5-3-2-4-6-14/h2-8,11H,9-10,12H2,1H3. The van der Waals surface area contributed by atoms with Crippen LogP contribution in [0.15, 0.2) is 48.5 Å². The van der Waals surface area contributed by atoms with Gasteiger partial charge in [-0.2, -0.15) is 0 Å². The fourth-order valence-electron chi connectivity index (χ4n) is 3.10. The zero-order chi connectivity index (χ0) is 14.5. The first kappa shape index (κ1) is 12.8. The molecule has 3 heteroatoms. The highest BCUT2D eigenvalue weighted by molar-refractivity contribution is 5.39. The van der Waals surface area contributed by atoms with Crippen molar-refractivity contribution in [2.45, 2.75) is 31.0 Å². The lowest BCUT2D eigenvalue weighted by Gasteiger charge is -2.26. The summed E-state index contributed by atoms with van der Waals surface area (Å²) in [4.78, 5) is 0. The number of hydrogen-bond donors (Lipinski definition) is 0. The Morgan fingerprint density at radius 2 is 1.81 bits per heavy atom. The van der Waals surface area contributed by atoms with Gasteiger partial charge in [0.05, 0.1) is 6.61 Å². The number of benzene rings is 2. The van der Waals surface area contributed by atoms with Crippen molar-refractivity contribution in [2.24, 2.45) is 0 Å². The molecule has 1 heterocycles. The van der Waals surface area contributed by atoms with E-state index in [1.54, 1.807) is 6.07 Å². The van der Waals surface area contributed by atoms with E-state index in [4.69, 9.17) is 9.47 Å². The number of rotatable bonds is 4. The van der Waals surface area contributed by atoms with E-state index in [1.165, 1.54) is 0 Å². The molecule has 1 saturated carbocycles. The first-order valence-electron chi connectivity index (χ1n) is 7.30. The van der Waals surface area contributed by atoms with Crippen LogP contribution in [0.25, 0.3) is 0 Å². The highest BCUT2D eigenvalue weighted by atomic mass is 19.1. The number of halogens is 1. The second-order valence-electron chi connectivity index (χ2n) is 6.01. The molecule has 2 nitrogen and oxygen atoms in total. The van der Waals surface area contributed by atoms with Gasteiger partial charge in [0.25, 0.3) is 0 Å². The van der Waals surface area contributed by atoms with Crippen LogP contribution in [-0.4, -0.2) is 12.2 Å². The van der Waals surface area contributed by atoms with Gasteiger partial charge in [0.15, 0.2) is 5.60 Å². The van der Waals surface area contributed by atoms with E-state index in [0.717, 1.165) is 24.2 Å². The van der Waals surface area contributed by atoms with E-state index in [0.29, 0.717) is 12.2 Å². The highest BCUT2D eigenvalue weighted by Crippen LogP contribution is 2.61. The van der Waals surface area contributed by atoms with Crippen LogP contribution in [0.5, 0.6) is 5.75 Å². The molecule has 2 aromatic carbocycles. The minimum atomic E-state index is -0.610. The number of hydrogen-bond acceptors (Lipinski definition) is 2. The van der Waals surface area contributed by atoms with Gasteiger partial charge in [-0.1, -0.05) is 30.3 Å². The van der Waals surface area contributed by atoms with Gasteiger partial charge in [0.1, 0.15) is 17.2 Å². The van der Waals surface area contributed by atoms with E-state index in [-0.39, 0.29) is 5.82 Å². The molecule has 0 N–H and O–H groups in total. The Bertz CT molecular complexity index is 673. The third kappa shape index (κ3) is 1.95. The summed E-state index contributed by atoms with van der Waals surface area (Å²) >= 11 is 0. The summed E-state index contributed by atoms with van der Waals surface area (Å²) in [6, 6.07) is 15.0. The predicted molar refractivity (Wildman–Crippen MR) is 77.8 cm³/mol. The van der Waals surface area contributed by atoms with Crippen LogP contribution in [0.2, 0.25) is 0 Å². The van der Waals surface area contributed by atoms with Gasteiger partial charge < -0.3 is 9.47 Å². The second-order valence-corrected chi connectivity index (χ2v) is 6.01. The average molecular weight is 284 g/mol. The molecular weight excluding hydrogens is 267 g/mol. The Morgan fingerprint density at radius 3 is 2.38 bits per heavy atom. The fraction of sp³-hybridized carbons (Fsp3) is 0.333. The van der Waals surface area contributed by atoms with Gasteiger partial charge in [0.2, 0.25) is 0 Å². The van der Waals surface area contributed by atoms with Crippen molar-refractivity contribution in [2.75, 3.05) is 6.61 Å². The maximum Gasteiger partial charge on any atom is 0.159 e. The number of para-hydroxylation sites is 1. The lowest BCUT2D eigenvalue weighted by atomic mass is 9.90. The van der Waals surface area contributed by atoms with E-state index in [2.05, 4.69) is 0 Å². The third-order valence-corrected chi connectivity index (χ3v) is 4.49. The summed E-state index contributed by atoms with van der Waals surface area (Å²) in [5, 5.41) is 0. The maximum absolute atomic E-state index is 14.3. The summed E-state index contributed by atoms with van der Waals surface area (Å²) in [5.74, 6) is 0.618. The summed E-state index contributed by atoms with van der Waals surface area (Å²) in [6.45, 7) is 2.42. The first-order chi connectivity index (χ1) is 10.2. The van der Waals surface area contributed by atoms with Crippen molar-refractivity contribution in [3.8, 4) is 5.75 Å². The van der Waals surface area contributed by atoms with Gasteiger partial charge in [-0.05, 0) is 43.5 Å². The first-order valence-corrected chi connectivity index (χ1v) is 7.30. The second kappa shape index (κ2) is 4.31. The molecule has 0 radical (unpaired) electrons. The van der Waals surface area contributed by atoms with Gasteiger partial charge in [0, 0.05) is 5.56 Å². The van der Waals surface area contributed by atoms with Gasteiger partial charge in [-0.25, -0.2) is 4.39 Å². The summed E-state index contributed by atoms with van der Waals surface area (Å²) < 4.78 is 26.3. The molecule has 108 valence electrons. The quantitative estimate of drug-likeness (QED) is 0.792. The molecule has 1 aliphatic carbocycles.